The van der Waals surface area contributed by atoms with E-state index in [1.807, 2.05) is 0 Å². The summed E-state index contributed by atoms with van der Waals surface area (Å²) in [5, 5.41) is 0. The molecule has 102 valence electrons. The first-order chi connectivity index (χ1) is 9.28. The van der Waals surface area contributed by atoms with Crippen molar-refractivity contribution in [2.75, 3.05) is 19.8 Å². The smallest absolute Gasteiger partial charge is 0.110 e. The number of imidazole rings is 1. The van der Waals surface area contributed by atoms with Crippen molar-refractivity contribution >= 4 is 11.0 Å². The predicted molar refractivity (Wildman–Crippen MR) is 76.4 cm³/mol. The van der Waals surface area contributed by atoms with Gasteiger partial charge in [0.05, 0.1) is 11.0 Å². The van der Waals surface area contributed by atoms with E-state index >= 15 is 0 Å². The van der Waals surface area contributed by atoms with E-state index in [1.54, 1.807) is 0 Å². The summed E-state index contributed by atoms with van der Waals surface area (Å²) in [4.78, 5) is 8.20. The van der Waals surface area contributed by atoms with E-state index in [0.29, 0.717) is 18.4 Å². The summed E-state index contributed by atoms with van der Waals surface area (Å²) in [6.07, 6.45) is 2.12. The molecule has 0 spiro atoms. The van der Waals surface area contributed by atoms with Crippen LogP contribution in [0.2, 0.25) is 0 Å². The molecule has 1 unspecified atom stereocenters. The number of H-pyrrole nitrogens is 1. The molecule has 0 bridgehead atoms. The summed E-state index contributed by atoms with van der Waals surface area (Å²) in [7, 11) is 0. The molecule has 3 N–H and O–H groups in total. The molecule has 0 saturated carbocycles. The summed E-state index contributed by atoms with van der Waals surface area (Å²) in [5.41, 5.74) is 9.18. The van der Waals surface area contributed by atoms with Crippen LogP contribution < -0.4 is 5.73 Å². The van der Waals surface area contributed by atoms with E-state index < -0.39 is 0 Å². The third kappa shape index (κ3) is 2.51. The molecule has 4 heteroatoms. The second-order valence-corrected chi connectivity index (χ2v) is 5.42. The van der Waals surface area contributed by atoms with Crippen LogP contribution in [0.25, 0.3) is 11.0 Å². The number of ether oxygens (including phenoxy) is 1. The highest BCUT2D eigenvalue weighted by molar-refractivity contribution is 5.76. The van der Waals surface area contributed by atoms with Crippen molar-refractivity contribution in [3.63, 3.8) is 0 Å². The number of nitrogens with zero attached hydrogens (tertiary/aromatic N) is 1. The lowest BCUT2D eigenvalue weighted by Gasteiger charge is -2.19. The largest absolute Gasteiger partial charge is 0.381 e. The SMILES string of the molecule is CC(CN)c1ccc2nc(C3CCOCC3)[nH]c2c1. The molecule has 1 fully saturated rings. The minimum absolute atomic E-state index is 0.388. The Labute approximate surface area is 113 Å². The lowest BCUT2D eigenvalue weighted by Crippen LogP contribution is -2.15. The Morgan fingerprint density at radius 1 is 1.42 bits per heavy atom. The fraction of sp³-hybridized carbons (Fsp3) is 0.533. The second-order valence-electron chi connectivity index (χ2n) is 5.42. The zero-order chi connectivity index (χ0) is 13.2. The number of hydrogen-bond acceptors (Lipinski definition) is 3. The van der Waals surface area contributed by atoms with Gasteiger partial charge in [0.25, 0.3) is 0 Å². The van der Waals surface area contributed by atoms with Gasteiger partial charge in [0, 0.05) is 19.1 Å². The van der Waals surface area contributed by atoms with Gasteiger partial charge < -0.3 is 15.5 Å². The standard InChI is InChI=1S/C15H21N3O/c1-10(9-16)12-2-3-13-14(8-12)18-15(17-13)11-4-6-19-7-5-11/h2-3,8,10-11H,4-7,9,16H2,1H3,(H,17,18). The maximum Gasteiger partial charge on any atom is 0.110 e. The van der Waals surface area contributed by atoms with Gasteiger partial charge in [-0.15, -0.1) is 0 Å². The fourth-order valence-electron chi connectivity index (χ4n) is 2.65. The fourth-order valence-corrected chi connectivity index (χ4v) is 2.65. The number of rotatable bonds is 3. The van der Waals surface area contributed by atoms with Crippen LogP contribution in [0.1, 0.15) is 43.0 Å². The van der Waals surface area contributed by atoms with Crippen molar-refractivity contribution in [3.8, 4) is 0 Å². The van der Waals surface area contributed by atoms with Gasteiger partial charge >= 0.3 is 0 Å². The average molecular weight is 259 g/mol. The lowest BCUT2D eigenvalue weighted by atomic mass is 10.00. The van der Waals surface area contributed by atoms with Gasteiger partial charge in [-0.3, -0.25) is 0 Å². The Kier molecular flexibility index (Phi) is 3.53. The van der Waals surface area contributed by atoms with Gasteiger partial charge in [-0.25, -0.2) is 4.98 Å². The number of aromatic nitrogens is 2. The van der Waals surface area contributed by atoms with Crippen LogP contribution in [0, 0.1) is 0 Å². The Hall–Kier alpha value is -1.39. The van der Waals surface area contributed by atoms with Crippen LogP contribution in [0.15, 0.2) is 18.2 Å². The second kappa shape index (κ2) is 5.31. The monoisotopic (exact) mass is 259 g/mol. The van der Waals surface area contributed by atoms with E-state index in [-0.39, 0.29) is 0 Å². The molecular weight excluding hydrogens is 238 g/mol. The zero-order valence-electron chi connectivity index (χ0n) is 11.4. The van der Waals surface area contributed by atoms with Gasteiger partial charge in [0.1, 0.15) is 5.82 Å². The van der Waals surface area contributed by atoms with Gasteiger partial charge in [0.15, 0.2) is 0 Å². The molecule has 3 rings (SSSR count). The molecule has 0 radical (unpaired) electrons. The number of aromatic amines is 1. The predicted octanol–water partition coefficient (Wildman–Crippen LogP) is 2.52. The van der Waals surface area contributed by atoms with Gasteiger partial charge in [0.2, 0.25) is 0 Å². The van der Waals surface area contributed by atoms with E-state index in [1.165, 1.54) is 5.56 Å². The Balaban J connectivity index is 1.91. The van der Waals surface area contributed by atoms with Crippen molar-refractivity contribution in [3.05, 3.63) is 29.6 Å². The highest BCUT2D eigenvalue weighted by Gasteiger charge is 2.19. The molecule has 0 amide bonds. The van der Waals surface area contributed by atoms with Gasteiger partial charge in [-0.05, 0) is 43.0 Å². The Bertz CT molecular complexity index is 558. The number of nitrogens with two attached hydrogens (primary N) is 1. The maximum atomic E-state index is 5.73. The molecule has 0 aliphatic carbocycles. The van der Waals surface area contributed by atoms with E-state index in [0.717, 1.165) is 42.9 Å². The molecule has 1 aliphatic rings. The third-order valence-corrected chi connectivity index (χ3v) is 4.05. The van der Waals surface area contributed by atoms with Crippen molar-refractivity contribution in [2.24, 2.45) is 5.73 Å². The van der Waals surface area contributed by atoms with Crippen molar-refractivity contribution in [1.82, 2.24) is 9.97 Å². The molecule has 1 aliphatic heterocycles. The topological polar surface area (TPSA) is 63.9 Å². The molecular formula is C15H21N3O. The first kappa shape index (κ1) is 12.6. The molecule has 2 aromatic rings. The summed E-state index contributed by atoms with van der Waals surface area (Å²) < 4.78 is 5.40. The lowest BCUT2D eigenvalue weighted by molar-refractivity contribution is 0.0838. The van der Waals surface area contributed by atoms with Crippen LogP contribution in [0.3, 0.4) is 0 Å². The minimum Gasteiger partial charge on any atom is -0.381 e. The zero-order valence-corrected chi connectivity index (χ0v) is 11.4. The highest BCUT2D eigenvalue weighted by atomic mass is 16.5. The molecule has 2 heterocycles. The van der Waals surface area contributed by atoms with Crippen LogP contribution in [-0.2, 0) is 4.74 Å². The molecule has 1 aromatic heterocycles. The van der Waals surface area contributed by atoms with E-state index in [2.05, 4.69) is 30.1 Å². The van der Waals surface area contributed by atoms with Gasteiger partial charge in [-0.1, -0.05) is 13.0 Å². The number of benzene rings is 1. The highest BCUT2D eigenvalue weighted by Crippen LogP contribution is 2.27. The number of hydrogen-bond donors (Lipinski definition) is 2. The Morgan fingerprint density at radius 3 is 2.95 bits per heavy atom. The average Bonchev–Trinajstić information content (AvgIpc) is 2.90. The molecule has 19 heavy (non-hydrogen) atoms. The molecule has 1 atom stereocenters. The summed E-state index contributed by atoms with van der Waals surface area (Å²) in [6.45, 7) is 4.51. The van der Waals surface area contributed by atoms with Gasteiger partial charge in [-0.2, -0.15) is 0 Å². The van der Waals surface area contributed by atoms with Crippen molar-refractivity contribution in [1.29, 1.82) is 0 Å². The van der Waals surface area contributed by atoms with Crippen molar-refractivity contribution < 1.29 is 4.74 Å². The van der Waals surface area contributed by atoms with E-state index in [4.69, 9.17) is 15.5 Å². The quantitative estimate of drug-likeness (QED) is 0.890. The first-order valence-electron chi connectivity index (χ1n) is 7.05. The van der Waals surface area contributed by atoms with Crippen LogP contribution in [-0.4, -0.2) is 29.7 Å². The number of nitrogens with one attached hydrogen (secondary N) is 1. The third-order valence-electron chi connectivity index (χ3n) is 4.05. The summed E-state index contributed by atoms with van der Waals surface area (Å²) >= 11 is 0. The summed E-state index contributed by atoms with van der Waals surface area (Å²) in [6, 6.07) is 6.41. The summed E-state index contributed by atoms with van der Waals surface area (Å²) in [5.74, 6) is 2.01. The first-order valence-corrected chi connectivity index (χ1v) is 7.05. The number of fused-ring (bicyclic) bond motifs is 1. The molecule has 1 aromatic carbocycles. The van der Waals surface area contributed by atoms with Crippen LogP contribution >= 0.6 is 0 Å². The maximum absolute atomic E-state index is 5.73. The molecule has 1 saturated heterocycles. The normalized spacial score (nSPS) is 18.8. The van der Waals surface area contributed by atoms with Crippen LogP contribution in [0.4, 0.5) is 0 Å². The van der Waals surface area contributed by atoms with Crippen molar-refractivity contribution in [2.45, 2.75) is 31.6 Å². The Morgan fingerprint density at radius 2 is 2.21 bits per heavy atom. The molecule has 4 nitrogen and oxygen atoms in total. The van der Waals surface area contributed by atoms with Crippen LogP contribution in [0.5, 0.6) is 0 Å². The minimum atomic E-state index is 0.388. The van der Waals surface area contributed by atoms with E-state index in [9.17, 15) is 0 Å².